The first-order valence-electron chi connectivity index (χ1n) is 4.67. The molecule has 0 aliphatic carbocycles. The highest BCUT2D eigenvalue weighted by atomic mass is 16.5. The van der Waals surface area contributed by atoms with Crippen molar-refractivity contribution in [3.05, 3.63) is 36.7 Å². The van der Waals surface area contributed by atoms with Crippen molar-refractivity contribution >= 4 is 5.69 Å². The van der Waals surface area contributed by atoms with Crippen LogP contribution >= 0.6 is 0 Å². The number of anilines is 1. The van der Waals surface area contributed by atoms with E-state index in [1.165, 1.54) is 6.20 Å². The minimum atomic E-state index is 0.572. The fourth-order valence-electron chi connectivity index (χ4n) is 1.23. The summed E-state index contributed by atoms with van der Waals surface area (Å²) in [5.41, 5.74) is 6.26. The number of nitrogen functional groups attached to an aromatic ring is 1. The highest BCUT2D eigenvalue weighted by Gasteiger charge is 2.02. The van der Waals surface area contributed by atoms with E-state index in [4.69, 9.17) is 15.2 Å². The lowest BCUT2D eigenvalue weighted by Gasteiger charge is -2.08. The summed E-state index contributed by atoms with van der Waals surface area (Å²) in [6.45, 7) is 0. The van der Waals surface area contributed by atoms with E-state index in [9.17, 15) is 0 Å². The summed E-state index contributed by atoms with van der Waals surface area (Å²) in [6, 6.07) is 6.92. The molecule has 0 radical (unpaired) electrons. The van der Waals surface area contributed by atoms with E-state index >= 15 is 0 Å². The molecular formula is C11H11N3O2. The number of hydrogen-bond donors (Lipinski definition) is 1. The van der Waals surface area contributed by atoms with Gasteiger partial charge >= 0.3 is 0 Å². The SMILES string of the molecule is COc1cc(Oc2ccnnc2)ccc1N. The van der Waals surface area contributed by atoms with Gasteiger partial charge in [-0.2, -0.15) is 10.2 Å². The van der Waals surface area contributed by atoms with Crippen LogP contribution < -0.4 is 15.2 Å². The van der Waals surface area contributed by atoms with E-state index in [-0.39, 0.29) is 0 Å². The molecule has 82 valence electrons. The predicted molar refractivity (Wildman–Crippen MR) is 59.5 cm³/mol. The van der Waals surface area contributed by atoms with Gasteiger partial charge in [-0.1, -0.05) is 0 Å². The van der Waals surface area contributed by atoms with Crippen LogP contribution in [-0.2, 0) is 0 Å². The maximum absolute atomic E-state index is 5.69. The molecule has 0 fully saturated rings. The van der Waals surface area contributed by atoms with Gasteiger partial charge in [-0.25, -0.2) is 0 Å². The molecule has 0 amide bonds. The van der Waals surface area contributed by atoms with Gasteiger partial charge in [0.25, 0.3) is 0 Å². The summed E-state index contributed by atoms with van der Waals surface area (Å²) in [4.78, 5) is 0. The maximum atomic E-state index is 5.69. The molecule has 0 aliphatic heterocycles. The molecule has 0 saturated carbocycles. The van der Waals surface area contributed by atoms with Crippen molar-refractivity contribution in [3.8, 4) is 17.2 Å². The van der Waals surface area contributed by atoms with Crippen molar-refractivity contribution < 1.29 is 9.47 Å². The topological polar surface area (TPSA) is 70.3 Å². The number of rotatable bonds is 3. The first-order chi connectivity index (χ1) is 7.79. The Morgan fingerprint density at radius 3 is 2.69 bits per heavy atom. The van der Waals surface area contributed by atoms with Crippen molar-refractivity contribution in [1.29, 1.82) is 0 Å². The Morgan fingerprint density at radius 2 is 2.00 bits per heavy atom. The maximum Gasteiger partial charge on any atom is 0.149 e. The Balaban J connectivity index is 2.22. The van der Waals surface area contributed by atoms with E-state index in [1.807, 2.05) is 0 Å². The molecule has 5 nitrogen and oxygen atoms in total. The summed E-state index contributed by atoms with van der Waals surface area (Å²) in [7, 11) is 1.56. The van der Waals surface area contributed by atoms with Crippen molar-refractivity contribution in [1.82, 2.24) is 10.2 Å². The second-order valence-corrected chi connectivity index (χ2v) is 3.08. The second-order valence-electron chi connectivity index (χ2n) is 3.08. The number of hydrogen-bond acceptors (Lipinski definition) is 5. The lowest BCUT2D eigenvalue weighted by molar-refractivity contribution is 0.411. The van der Waals surface area contributed by atoms with Crippen LogP contribution in [0.1, 0.15) is 0 Å². The molecule has 0 saturated heterocycles. The van der Waals surface area contributed by atoms with E-state index in [0.717, 1.165) is 0 Å². The molecule has 16 heavy (non-hydrogen) atoms. The molecule has 5 heteroatoms. The summed E-state index contributed by atoms with van der Waals surface area (Å²) < 4.78 is 10.6. The van der Waals surface area contributed by atoms with Gasteiger partial charge in [0.1, 0.15) is 17.2 Å². The number of nitrogens with two attached hydrogens (primary N) is 1. The van der Waals surface area contributed by atoms with Crippen LogP contribution in [0.25, 0.3) is 0 Å². The van der Waals surface area contributed by atoms with E-state index in [2.05, 4.69) is 10.2 Å². The first-order valence-corrected chi connectivity index (χ1v) is 4.67. The molecular weight excluding hydrogens is 206 g/mol. The monoisotopic (exact) mass is 217 g/mol. The highest BCUT2D eigenvalue weighted by Crippen LogP contribution is 2.29. The van der Waals surface area contributed by atoms with Crippen molar-refractivity contribution in [2.24, 2.45) is 0 Å². The van der Waals surface area contributed by atoms with Gasteiger partial charge in [-0.15, -0.1) is 0 Å². The molecule has 2 rings (SSSR count). The second kappa shape index (κ2) is 4.48. The molecule has 1 heterocycles. The van der Waals surface area contributed by atoms with Crippen LogP contribution in [0.15, 0.2) is 36.7 Å². The van der Waals surface area contributed by atoms with E-state index in [0.29, 0.717) is 22.9 Å². The molecule has 0 bridgehead atoms. The van der Waals surface area contributed by atoms with Crippen molar-refractivity contribution in [2.45, 2.75) is 0 Å². The minimum Gasteiger partial charge on any atom is -0.494 e. The van der Waals surface area contributed by atoms with Crippen LogP contribution in [0.4, 0.5) is 5.69 Å². The number of methoxy groups -OCH3 is 1. The van der Waals surface area contributed by atoms with Crippen molar-refractivity contribution in [2.75, 3.05) is 12.8 Å². The minimum absolute atomic E-state index is 0.572. The first kappa shape index (κ1) is 10.2. The Labute approximate surface area is 92.8 Å². The molecule has 1 aromatic carbocycles. The third kappa shape index (κ3) is 2.20. The van der Waals surface area contributed by atoms with Crippen LogP contribution in [0.3, 0.4) is 0 Å². The Kier molecular flexibility index (Phi) is 2.86. The predicted octanol–water partition coefficient (Wildman–Crippen LogP) is 1.86. The van der Waals surface area contributed by atoms with Crippen LogP contribution in [0, 0.1) is 0 Å². The zero-order valence-electron chi connectivity index (χ0n) is 8.75. The molecule has 2 N–H and O–H groups in total. The normalized spacial score (nSPS) is 9.81. The lowest BCUT2D eigenvalue weighted by atomic mass is 10.3. The molecule has 0 spiro atoms. The van der Waals surface area contributed by atoms with Crippen LogP contribution in [0.5, 0.6) is 17.2 Å². The lowest BCUT2D eigenvalue weighted by Crippen LogP contribution is -1.93. The zero-order valence-corrected chi connectivity index (χ0v) is 8.75. The highest BCUT2D eigenvalue weighted by molar-refractivity contribution is 5.55. The third-order valence-corrected chi connectivity index (χ3v) is 2.00. The molecule has 0 unspecified atom stereocenters. The Bertz CT molecular complexity index is 474. The Morgan fingerprint density at radius 1 is 1.12 bits per heavy atom. The summed E-state index contributed by atoms with van der Waals surface area (Å²) in [5.74, 6) is 1.83. The molecule has 0 aliphatic rings. The van der Waals surface area contributed by atoms with Crippen molar-refractivity contribution in [3.63, 3.8) is 0 Å². The molecule has 2 aromatic rings. The molecule has 0 atom stereocenters. The number of nitrogens with zero attached hydrogens (tertiary/aromatic N) is 2. The van der Waals surface area contributed by atoms with Gasteiger partial charge in [0.15, 0.2) is 0 Å². The van der Waals surface area contributed by atoms with E-state index < -0.39 is 0 Å². The summed E-state index contributed by atoms with van der Waals surface area (Å²) >= 11 is 0. The quantitative estimate of drug-likeness (QED) is 0.794. The average Bonchev–Trinajstić information content (AvgIpc) is 2.33. The fraction of sp³-hybridized carbons (Fsp3) is 0.0909. The summed E-state index contributed by atoms with van der Waals surface area (Å²) in [5, 5.41) is 7.37. The van der Waals surface area contributed by atoms with Gasteiger partial charge in [0.05, 0.1) is 25.2 Å². The average molecular weight is 217 g/mol. The van der Waals surface area contributed by atoms with E-state index in [1.54, 1.807) is 37.6 Å². The number of benzene rings is 1. The van der Waals surface area contributed by atoms with Crippen LogP contribution in [0.2, 0.25) is 0 Å². The van der Waals surface area contributed by atoms with Gasteiger partial charge in [0, 0.05) is 12.1 Å². The summed E-state index contributed by atoms with van der Waals surface area (Å²) in [6.07, 6.45) is 3.09. The fourth-order valence-corrected chi connectivity index (χ4v) is 1.23. The zero-order chi connectivity index (χ0) is 11.4. The van der Waals surface area contributed by atoms with Crippen LogP contribution in [-0.4, -0.2) is 17.3 Å². The number of ether oxygens (including phenoxy) is 2. The van der Waals surface area contributed by atoms with Gasteiger partial charge in [-0.05, 0) is 12.1 Å². The third-order valence-electron chi connectivity index (χ3n) is 2.00. The van der Waals surface area contributed by atoms with Gasteiger partial charge in [-0.3, -0.25) is 0 Å². The number of aromatic nitrogens is 2. The van der Waals surface area contributed by atoms with Gasteiger partial charge in [0.2, 0.25) is 0 Å². The standard InChI is InChI=1S/C11H11N3O2/c1-15-11-6-8(2-3-10(11)12)16-9-4-5-13-14-7-9/h2-7H,12H2,1H3. The molecule has 1 aromatic heterocycles. The largest absolute Gasteiger partial charge is 0.494 e. The Hall–Kier alpha value is -2.30. The smallest absolute Gasteiger partial charge is 0.149 e. The van der Waals surface area contributed by atoms with Gasteiger partial charge < -0.3 is 15.2 Å².